The van der Waals surface area contributed by atoms with Gasteiger partial charge in [-0.25, -0.2) is 0 Å². The van der Waals surface area contributed by atoms with E-state index in [1.165, 1.54) is 32.1 Å². The van der Waals surface area contributed by atoms with Gasteiger partial charge in [-0.2, -0.15) is 0 Å². The van der Waals surface area contributed by atoms with Crippen molar-refractivity contribution >= 4 is 5.69 Å². The average Bonchev–Trinajstić information content (AvgIpc) is 2.42. The first-order valence-corrected chi connectivity index (χ1v) is 7.08. The number of hydrazine groups is 1. The third-order valence-electron chi connectivity index (χ3n) is 4.43. The molecular weight excluding hydrogens is 222 g/mol. The van der Waals surface area contributed by atoms with E-state index in [-0.39, 0.29) is 6.04 Å². The Bertz CT molecular complexity index is 378. The quantitative estimate of drug-likeness (QED) is 0.435. The second-order valence-electron chi connectivity index (χ2n) is 5.39. The van der Waals surface area contributed by atoms with Crippen LogP contribution in [0.3, 0.4) is 0 Å². The zero-order chi connectivity index (χ0) is 13.0. The summed E-state index contributed by atoms with van der Waals surface area (Å²) < 4.78 is 0. The molecule has 1 aliphatic carbocycles. The third-order valence-corrected chi connectivity index (χ3v) is 4.43. The molecule has 0 spiro atoms. The molecule has 0 bridgehead atoms. The topological polar surface area (TPSA) is 64.1 Å². The van der Waals surface area contributed by atoms with Gasteiger partial charge < -0.3 is 5.73 Å². The van der Waals surface area contributed by atoms with Crippen molar-refractivity contribution in [3.63, 3.8) is 0 Å². The fourth-order valence-corrected chi connectivity index (χ4v) is 3.42. The zero-order valence-corrected chi connectivity index (χ0v) is 11.2. The summed E-state index contributed by atoms with van der Waals surface area (Å²) in [5.74, 6) is 7.19. The van der Waals surface area contributed by atoms with E-state index in [0.717, 1.165) is 17.2 Å². The number of nitrogens with one attached hydrogen (secondary N) is 1. The summed E-state index contributed by atoms with van der Waals surface area (Å²) in [4.78, 5) is 0. The molecule has 1 fully saturated rings. The van der Waals surface area contributed by atoms with Gasteiger partial charge >= 0.3 is 0 Å². The Morgan fingerprint density at radius 2 is 2.00 bits per heavy atom. The van der Waals surface area contributed by atoms with E-state index in [4.69, 9.17) is 11.6 Å². The average molecular weight is 247 g/mol. The Morgan fingerprint density at radius 3 is 2.67 bits per heavy atom. The van der Waals surface area contributed by atoms with E-state index < -0.39 is 0 Å². The minimum atomic E-state index is 0.191. The lowest BCUT2D eigenvalue weighted by Crippen LogP contribution is -2.38. The van der Waals surface area contributed by atoms with Crippen LogP contribution in [0.1, 0.15) is 50.6 Å². The molecule has 0 saturated heterocycles. The van der Waals surface area contributed by atoms with Crippen LogP contribution in [0.5, 0.6) is 0 Å². The lowest BCUT2D eigenvalue weighted by Gasteiger charge is -2.37. The van der Waals surface area contributed by atoms with Crippen molar-refractivity contribution in [2.45, 2.75) is 45.1 Å². The smallest absolute Gasteiger partial charge is 0.0511 e. The first-order valence-electron chi connectivity index (χ1n) is 7.08. The first kappa shape index (κ1) is 13.4. The molecule has 100 valence electrons. The van der Waals surface area contributed by atoms with E-state index in [2.05, 4.69) is 18.4 Å². The molecule has 3 nitrogen and oxygen atoms in total. The molecule has 1 aliphatic rings. The lowest BCUT2D eigenvalue weighted by molar-refractivity contribution is 0.176. The second-order valence-corrected chi connectivity index (χ2v) is 5.39. The molecule has 1 aromatic rings. The van der Waals surface area contributed by atoms with Crippen LogP contribution < -0.4 is 17.0 Å². The van der Waals surface area contributed by atoms with Crippen LogP contribution in [-0.2, 0) is 0 Å². The summed E-state index contributed by atoms with van der Waals surface area (Å²) in [6.07, 6.45) is 6.48. The molecule has 18 heavy (non-hydrogen) atoms. The normalized spacial score (nSPS) is 25.9. The summed E-state index contributed by atoms with van der Waals surface area (Å²) in [5.41, 5.74) is 11.1. The van der Waals surface area contributed by atoms with E-state index >= 15 is 0 Å². The summed E-state index contributed by atoms with van der Waals surface area (Å²) in [7, 11) is 0. The Labute approximate surface area is 110 Å². The van der Waals surface area contributed by atoms with E-state index in [1.54, 1.807) is 0 Å². The van der Waals surface area contributed by atoms with Crippen molar-refractivity contribution < 1.29 is 0 Å². The molecular formula is C15H25N3. The monoisotopic (exact) mass is 247 g/mol. The van der Waals surface area contributed by atoms with Gasteiger partial charge in [0.05, 0.1) is 6.04 Å². The van der Waals surface area contributed by atoms with Crippen LogP contribution in [0.15, 0.2) is 24.3 Å². The molecule has 3 heteroatoms. The number of benzene rings is 1. The predicted molar refractivity (Wildman–Crippen MR) is 76.7 cm³/mol. The largest absolute Gasteiger partial charge is 0.398 e. The first-order chi connectivity index (χ1) is 8.77. The molecule has 5 N–H and O–H groups in total. The van der Waals surface area contributed by atoms with Crippen molar-refractivity contribution in [1.82, 2.24) is 5.43 Å². The highest BCUT2D eigenvalue weighted by atomic mass is 15.2. The fourth-order valence-electron chi connectivity index (χ4n) is 3.42. The zero-order valence-electron chi connectivity index (χ0n) is 11.2. The second kappa shape index (κ2) is 6.21. The molecule has 0 aromatic heterocycles. The van der Waals surface area contributed by atoms with Crippen molar-refractivity contribution in [1.29, 1.82) is 0 Å². The molecule has 3 atom stereocenters. The molecule has 0 aliphatic heterocycles. The third kappa shape index (κ3) is 2.68. The van der Waals surface area contributed by atoms with Gasteiger partial charge in [0.25, 0.3) is 0 Å². The molecule has 1 aromatic carbocycles. The standard InChI is InChI=1S/C15H25N3/c1-2-11-7-3-4-8-12(11)15(18-17)13-9-5-6-10-14(13)16/h5-6,9-12,15,18H,2-4,7-8,16-17H2,1H3. The number of anilines is 1. The molecule has 0 amide bonds. The number of para-hydroxylation sites is 1. The van der Waals surface area contributed by atoms with Gasteiger partial charge in [-0.1, -0.05) is 50.8 Å². The van der Waals surface area contributed by atoms with Gasteiger partial charge in [0.2, 0.25) is 0 Å². The SMILES string of the molecule is CCC1CCCCC1C(NN)c1ccccc1N. The number of nitrogens with two attached hydrogens (primary N) is 2. The van der Waals surface area contributed by atoms with Crippen LogP contribution in [-0.4, -0.2) is 0 Å². The van der Waals surface area contributed by atoms with Gasteiger partial charge in [0, 0.05) is 5.69 Å². The van der Waals surface area contributed by atoms with Gasteiger partial charge in [0.15, 0.2) is 0 Å². The van der Waals surface area contributed by atoms with Crippen LogP contribution in [0.25, 0.3) is 0 Å². The van der Waals surface area contributed by atoms with Crippen LogP contribution in [0, 0.1) is 11.8 Å². The van der Waals surface area contributed by atoms with Crippen LogP contribution >= 0.6 is 0 Å². The van der Waals surface area contributed by atoms with Gasteiger partial charge in [0.1, 0.15) is 0 Å². The fraction of sp³-hybridized carbons (Fsp3) is 0.600. The molecule has 0 radical (unpaired) electrons. The molecule has 3 unspecified atom stereocenters. The highest BCUT2D eigenvalue weighted by Crippen LogP contribution is 2.41. The van der Waals surface area contributed by atoms with Crippen molar-refractivity contribution in [2.75, 3.05) is 5.73 Å². The van der Waals surface area contributed by atoms with Crippen molar-refractivity contribution in [3.8, 4) is 0 Å². The van der Waals surface area contributed by atoms with E-state index in [9.17, 15) is 0 Å². The summed E-state index contributed by atoms with van der Waals surface area (Å²) in [6, 6.07) is 8.27. The number of nitrogen functional groups attached to an aromatic ring is 1. The highest BCUT2D eigenvalue weighted by molar-refractivity contribution is 5.48. The maximum Gasteiger partial charge on any atom is 0.0511 e. The molecule has 1 saturated carbocycles. The van der Waals surface area contributed by atoms with Crippen LogP contribution in [0.4, 0.5) is 5.69 Å². The predicted octanol–water partition coefficient (Wildman–Crippen LogP) is 2.99. The Balaban J connectivity index is 2.24. The maximum absolute atomic E-state index is 6.10. The van der Waals surface area contributed by atoms with Crippen LogP contribution in [0.2, 0.25) is 0 Å². The van der Waals surface area contributed by atoms with Gasteiger partial charge in [-0.05, 0) is 29.9 Å². The Morgan fingerprint density at radius 1 is 1.28 bits per heavy atom. The Kier molecular flexibility index (Phi) is 4.61. The summed E-state index contributed by atoms with van der Waals surface area (Å²) >= 11 is 0. The summed E-state index contributed by atoms with van der Waals surface area (Å²) in [5, 5.41) is 0. The minimum Gasteiger partial charge on any atom is -0.398 e. The number of rotatable bonds is 4. The van der Waals surface area contributed by atoms with Crippen molar-refractivity contribution in [2.24, 2.45) is 17.7 Å². The van der Waals surface area contributed by atoms with Gasteiger partial charge in [-0.3, -0.25) is 11.3 Å². The Hall–Kier alpha value is -1.06. The number of hydrogen-bond acceptors (Lipinski definition) is 3. The lowest BCUT2D eigenvalue weighted by atomic mass is 9.72. The van der Waals surface area contributed by atoms with E-state index in [0.29, 0.717) is 5.92 Å². The van der Waals surface area contributed by atoms with Gasteiger partial charge in [-0.15, -0.1) is 0 Å². The van der Waals surface area contributed by atoms with E-state index in [1.807, 2.05) is 18.2 Å². The van der Waals surface area contributed by atoms with Crippen molar-refractivity contribution in [3.05, 3.63) is 29.8 Å². The minimum absolute atomic E-state index is 0.191. The molecule has 2 rings (SSSR count). The maximum atomic E-state index is 6.10. The highest BCUT2D eigenvalue weighted by Gasteiger charge is 2.31. The molecule has 0 heterocycles. The number of hydrogen-bond donors (Lipinski definition) is 3. The summed E-state index contributed by atoms with van der Waals surface area (Å²) in [6.45, 7) is 2.28.